The Morgan fingerprint density at radius 2 is 1.80 bits per heavy atom. The van der Waals surface area contributed by atoms with Crippen LogP contribution in [0, 0.1) is 0 Å². The Bertz CT molecular complexity index is 379. The van der Waals surface area contributed by atoms with E-state index in [1.54, 1.807) is 0 Å². The smallest absolute Gasteiger partial charge is 0.402 e. The molecule has 2 rings (SSSR count). The second-order valence-corrected chi connectivity index (χ2v) is 6.79. The monoisotopic (exact) mass is 278 g/mol. The molecule has 2 heterocycles. The third-order valence-electron chi connectivity index (χ3n) is 4.84. The van der Waals surface area contributed by atoms with Crippen LogP contribution in [-0.4, -0.2) is 55.0 Å². The van der Waals surface area contributed by atoms with Crippen molar-refractivity contribution in [2.24, 2.45) is 4.99 Å². The fourth-order valence-corrected chi connectivity index (χ4v) is 2.77. The van der Waals surface area contributed by atoms with Crippen molar-refractivity contribution in [2.75, 3.05) is 13.1 Å². The third-order valence-corrected chi connectivity index (χ3v) is 4.84. The predicted octanol–water partition coefficient (Wildman–Crippen LogP) is 2.34. The molecule has 1 saturated heterocycles. The molecule has 4 nitrogen and oxygen atoms in total. The van der Waals surface area contributed by atoms with Gasteiger partial charge in [-0.25, -0.2) is 0 Å². The number of nitrogens with zero attached hydrogens (tertiary/aromatic N) is 2. The van der Waals surface area contributed by atoms with Crippen LogP contribution in [0.3, 0.4) is 0 Å². The van der Waals surface area contributed by atoms with E-state index < -0.39 is 0 Å². The van der Waals surface area contributed by atoms with E-state index in [1.807, 2.05) is 0 Å². The molecule has 0 aromatic carbocycles. The van der Waals surface area contributed by atoms with Gasteiger partial charge in [-0.15, -0.1) is 0 Å². The zero-order chi connectivity index (χ0) is 15.0. The molecule has 1 fully saturated rings. The first kappa shape index (κ1) is 15.7. The first-order valence-electron chi connectivity index (χ1n) is 7.49. The molecule has 20 heavy (non-hydrogen) atoms. The Balaban J connectivity index is 2.20. The van der Waals surface area contributed by atoms with Crippen LogP contribution in [0.2, 0.25) is 0 Å². The van der Waals surface area contributed by atoms with Crippen molar-refractivity contribution in [3.8, 4) is 0 Å². The summed E-state index contributed by atoms with van der Waals surface area (Å²) in [5, 5.41) is 0. The summed E-state index contributed by atoms with van der Waals surface area (Å²) >= 11 is 0. The summed E-state index contributed by atoms with van der Waals surface area (Å²) in [7, 11) is -0.257. The molecule has 0 saturated carbocycles. The lowest BCUT2D eigenvalue weighted by atomic mass is 9.73. The number of hydrogen-bond donors (Lipinski definition) is 0. The van der Waals surface area contributed by atoms with Gasteiger partial charge in [0.2, 0.25) is 0 Å². The fraction of sp³-hybridized carbons (Fsp3) is 0.800. The molecule has 0 radical (unpaired) electrons. The average Bonchev–Trinajstić information content (AvgIpc) is 2.59. The molecule has 0 bridgehead atoms. The highest BCUT2D eigenvalue weighted by atomic mass is 16.7. The molecule has 112 valence electrons. The summed E-state index contributed by atoms with van der Waals surface area (Å²) in [6, 6.07) is 0.0798. The average molecular weight is 278 g/mol. The minimum Gasteiger partial charge on any atom is -0.402 e. The van der Waals surface area contributed by atoms with E-state index in [0.717, 1.165) is 19.5 Å². The van der Waals surface area contributed by atoms with Crippen molar-refractivity contribution >= 4 is 13.8 Å². The first-order valence-corrected chi connectivity index (χ1v) is 7.49. The minimum atomic E-state index is -0.303. The van der Waals surface area contributed by atoms with E-state index in [1.165, 1.54) is 0 Å². The summed E-state index contributed by atoms with van der Waals surface area (Å²) in [5.74, 6) is 0.110. The molecule has 0 amide bonds. The van der Waals surface area contributed by atoms with Crippen LogP contribution >= 0.6 is 0 Å². The maximum Gasteiger partial charge on any atom is 0.478 e. The Labute approximate surface area is 123 Å². The lowest BCUT2D eigenvalue weighted by Gasteiger charge is -2.35. The van der Waals surface area contributed by atoms with Gasteiger partial charge in [-0.2, -0.15) is 0 Å². The number of hydrogen-bond acceptors (Lipinski definition) is 4. The summed E-state index contributed by atoms with van der Waals surface area (Å²) in [6.07, 6.45) is 5.50. The maximum absolute atomic E-state index is 6.23. The van der Waals surface area contributed by atoms with Gasteiger partial charge in [0.15, 0.2) is 0 Å². The van der Waals surface area contributed by atoms with Crippen LogP contribution in [0.5, 0.6) is 0 Å². The molecular formula is C15H27BN2O2. The molecule has 2 atom stereocenters. The summed E-state index contributed by atoms with van der Waals surface area (Å²) in [6.45, 7) is 16.1. The number of rotatable bonds is 4. The molecule has 2 aliphatic heterocycles. The molecule has 0 aromatic rings. The SMILES string of the molecule is C=NC(C)[C@H](B1OC(C)(C)C(C)(C)O1)N1CC=CCC1. The van der Waals surface area contributed by atoms with E-state index >= 15 is 0 Å². The quantitative estimate of drug-likeness (QED) is 0.449. The Kier molecular flexibility index (Phi) is 4.43. The Morgan fingerprint density at radius 1 is 1.20 bits per heavy atom. The van der Waals surface area contributed by atoms with E-state index in [-0.39, 0.29) is 30.3 Å². The number of aliphatic imine (C=N–C) groups is 1. The highest BCUT2D eigenvalue weighted by Gasteiger charge is 2.55. The van der Waals surface area contributed by atoms with Gasteiger partial charge in [0.25, 0.3) is 0 Å². The summed E-state index contributed by atoms with van der Waals surface area (Å²) in [5.41, 5.74) is -0.606. The lowest BCUT2D eigenvalue weighted by Crippen LogP contribution is -2.54. The largest absolute Gasteiger partial charge is 0.478 e. The van der Waals surface area contributed by atoms with Crippen molar-refractivity contribution < 1.29 is 9.31 Å². The standard InChI is InChI=1S/C15H27BN2O2/c1-12(17-6)13(18-10-8-7-9-11-18)16-19-14(2,3)15(4,5)20-16/h7-8,12-13H,6,9-11H2,1-5H3/t12?,13-/m1/s1. The van der Waals surface area contributed by atoms with E-state index in [2.05, 4.69) is 63.4 Å². The lowest BCUT2D eigenvalue weighted by molar-refractivity contribution is 0.00578. The molecule has 5 heteroatoms. The zero-order valence-corrected chi connectivity index (χ0v) is 13.4. The molecular weight excluding hydrogens is 251 g/mol. The predicted molar refractivity (Wildman–Crippen MR) is 84.2 cm³/mol. The molecule has 0 aliphatic carbocycles. The second kappa shape index (κ2) is 5.62. The van der Waals surface area contributed by atoms with Gasteiger partial charge in [0, 0.05) is 13.1 Å². The van der Waals surface area contributed by atoms with E-state index in [4.69, 9.17) is 9.31 Å². The Morgan fingerprint density at radius 3 is 2.25 bits per heavy atom. The van der Waals surface area contributed by atoms with Crippen LogP contribution in [0.1, 0.15) is 41.0 Å². The van der Waals surface area contributed by atoms with Gasteiger partial charge in [-0.05, 0) is 47.8 Å². The third kappa shape index (κ3) is 2.85. The minimum absolute atomic E-state index is 0.0798. The molecule has 0 N–H and O–H groups in total. The van der Waals surface area contributed by atoms with Crippen molar-refractivity contribution in [3.05, 3.63) is 12.2 Å². The van der Waals surface area contributed by atoms with Gasteiger partial charge >= 0.3 is 7.12 Å². The van der Waals surface area contributed by atoms with Crippen LogP contribution in [0.4, 0.5) is 0 Å². The normalized spacial score (nSPS) is 28.4. The maximum atomic E-state index is 6.23. The fourth-order valence-electron chi connectivity index (χ4n) is 2.77. The van der Waals surface area contributed by atoms with E-state index in [9.17, 15) is 0 Å². The molecule has 0 spiro atoms. The summed E-state index contributed by atoms with van der Waals surface area (Å²) in [4.78, 5) is 6.62. The van der Waals surface area contributed by atoms with Crippen LogP contribution in [0.25, 0.3) is 0 Å². The topological polar surface area (TPSA) is 34.1 Å². The van der Waals surface area contributed by atoms with Crippen molar-refractivity contribution in [3.63, 3.8) is 0 Å². The summed E-state index contributed by atoms with van der Waals surface area (Å²) < 4.78 is 12.5. The second-order valence-electron chi connectivity index (χ2n) is 6.79. The first-order chi connectivity index (χ1) is 9.28. The van der Waals surface area contributed by atoms with Gasteiger partial charge < -0.3 is 9.31 Å². The highest BCUT2D eigenvalue weighted by Crippen LogP contribution is 2.39. The zero-order valence-electron chi connectivity index (χ0n) is 13.4. The van der Waals surface area contributed by atoms with Gasteiger partial charge in [-0.1, -0.05) is 12.2 Å². The molecule has 0 aromatic heterocycles. The highest BCUT2D eigenvalue weighted by molar-refractivity contribution is 6.47. The van der Waals surface area contributed by atoms with Crippen LogP contribution in [-0.2, 0) is 9.31 Å². The molecule has 1 unspecified atom stereocenters. The van der Waals surface area contributed by atoms with Crippen molar-refractivity contribution in [1.82, 2.24) is 4.90 Å². The van der Waals surface area contributed by atoms with Gasteiger partial charge in [0.1, 0.15) is 0 Å². The van der Waals surface area contributed by atoms with Crippen LogP contribution < -0.4 is 0 Å². The van der Waals surface area contributed by atoms with Gasteiger partial charge in [-0.3, -0.25) is 9.89 Å². The van der Waals surface area contributed by atoms with Crippen molar-refractivity contribution in [2.45, 2.75) is 64.2 Å². The van der Waals surface area contributed by atoms with Gasteiger partial charge in [0.05, 0.1) is 23.2 Å². The Hall–Kier alpha value is -0.645. The van der Waals surface area contributed by atoms with E-state index in [0.29, 0.717) is 0 Å². The molecule has 2 aliphatic rings. The van der Waals surface area contributed by atoms with Crippen molar-refractivity contribution in [1.29, 1.82) is 0 Å². The van der Waals surface area contributed by atoms with Crippen LogP contribution in [0.15, 0.2) is 17.1 Å².